The molecule has 0 aliphatic carbocycles. The van der Waals surface area contributed by atoms with Gasteiger partial charge in [-0.05, 0) is 22.9 Å². The van der Waals surface area contributed by atoms with Gasteiger partial charge in [-0.2, -0.15) is 0 Å². The normalized spacial score (nSPS) is 9.33. The number of hydrogen-bond acceptors (Lipinski definition) is 2. The molecule has 3 radical (unpaired) electrons. The predicted octanol–water partition coefficient (Wildman–Crippen LogP) is 1.51. The molecule has 0 saturated carbocycles. The maximum absolute atomic E-state index is 9.13. The van der Waals surface area contributed by atoms with E-state index in [1.807, 2.05) is 60.7 Å². The third kappa shape index (κ3) is 5.07. The molecule has 0 unspecified atom stereocenters. The average Bonchev–Trinajstić information content (AvgIpc) is 2.55. The van der Waals surface area contributed by atoms with Crippen molar-refractivity contribution in [2.24, 2.45) is 0 Å². The van der Waals surface area contributed by atoms with E-state index in [0.717, 1.165) is 21.5 Å². The topological polar surface area (TPSA) is 40.5 Å². The van der Waals surface area contributed by atoms with Crippen LogP contribution < -0.4 is 18.9 Å². The van der Waals surface area contributed by atoms with E-state index in [2.05, 4.69) is 6.07 Å². The summed E-state index contributed by atoms with van der Waals surface area (Å²) in [7, 11) is 0. The second-order valence-corrected chi connectivity index (χ2v) is 4.96. The minimum absolute atomic E-state index is 0. The Bertz CT molecular complexity index is 848. The number of phenolic OH excluding ortho intramolecular Hbond substituents is 2. The van der Waals surface area contributed by atoms with E-state index in [1.165, 1.54) is 0 Å². The first-order valence-corrected chi connectivity index (χ1v) is 7.00. The molecule has 4 rings (SSSR count). The minimum atomic E-state index is 0. The molecule has 4 aromatic carbocycles. The molecule has 0 spiro atoms. The first-order chi connectivity index (χ1) is 10.7. The molecule has 0 fully saturated rings. The van der Waals surface area contributed by atoms with Gasteiger partial charge in [0.05, 0.1) is 0 Å². The first-order valence-electron chi connectivity index (χ1n) is 7.00. The summed E-state index contributed by atoms with van der Waals surface area (Å²) in [5, 5.41) is 22.5. The summed E-state index contributed by atoms with van der Waals surface area (Å²) in [6.45, 7) is 0. The van der Waals surface area contributed by atoms with Gasteiger partial charge in [0.15, 0.2) is 0 Å². The summed E-state index contributed by atoms with van der Waals surface area (Å²) in [6, 6.07) is 27.5. The van der Waals surface area contributed by atoms with Crippen LogP contribution in [0.2, 0.25) is 0 Å². The Labute approximate surface area is 164 Å². The molecule has 0 atom stereocenters. The van der Waals surface area contributed by atoms with Crippen molar-refractivity contribution in [3.8, 4) is 11.5 Å². The number of hydrogen-bond donors (Lipinski definition) is 2. The number of fused-ring (bicyclic) bond motifs is 2. The molecule has 0 aliphatic rings. The van der Waals surface area contributed by atoms with Gasteiger partial charge in [0, 0.05) is 23.1 Å². The maximum atomic E-state index is 9.13. The van der Waals surface area contributed by atoms with Crippen molar-refractivity contribution in [2.75, 3.05) is 0 Å². The third-order valence-electron chi connectivity index (χ3n) is 3.38. The van der Waals surface area contributed by atoms with Crippen LogP contribution >= 0.6 is 0 Å². The van der Waals surface area contributed by atoms with E-state index in [-0.39, 0.29) is 42.0 Å². The summed E-state index contributed by atoms with van der Waals surface area (Å²) >= 11 is 0. The molecule has 2 nitrogen and oxygen atoms in total. The Kier molecular flexibility index (Phi) is 7.93. The van der Waals surface area contributed by atoms with Gasteiger partial charge in [0.1, 0.15) is 5.75 Å². The van der Waals surface area contributed by atoms with Crippen LogP contribution in [0.15, 0.2) is 78.9 Å². The Morgan fingerprint density at radius 1 is 0.625 bits per heavy atom. The maximum Gasteiger partial charge on any atom is 1.00 e. The van der Waals surface area contributed by atoms with Crippen molar-refractivity contribution >= 4 is 38.9 Å². The quantitative estimate of drug-likeness (QED) is 0.381. The minimum Gasteiger partial charge on any atom is -0.528 e. The van der Waals surface area contributed by atoms with Crippen LogP contribution in [-0.2, 0) is 0 Å². The number of benzene rings is 4. The van der Waals surface area contributed by atoms with Crippen molar-refractivity contribution in [3.05, 3.63) is 84.9 Å². The monoisotopic (exact) mass is 321 g/mol. The number of phenols is 2. The molecule has 0 aromatic heterocycles. The van der Waals surface area contributed by atoms with Crippen LogP contribution in [-0.4, -0.2) is 27.6 Å². The number of aromatic hydroxyl groups is 2. The molecule has 24 heavy (non-hydrogen) atoms. The third-order valence-corrected chi connectivity index (χ3v) is 3.38. The molecular formula is C20H15AlLiO2. The second-order valence-electron chi connectivity index (χ2n) is 4.96. The molecule has 111 valence electrons. The molecule has 0 aliphatic heterocycles. The smallest absolute Gasteiger partial charge is 0.528 e. The SMILES string of the molecule is Oc1[c-]c2ccccc2cc1.Oc1ccc2ccccc2c1.[Al].[Li+]. The molecule has 0 amide bonds. The van der Waals surface area contributed by atoms with Crippen LogP contribution in [0.3, 0.4) is 0 Å². The largest absolute Gasteiger partial charge is 1.00 e. The van der Waals surface area contributed by atoms with E-state index >= 15 is 0 Å². The van der Waals surface area contributed by atoms with Crippen LogP contribution in [0, 0.1) is 6.07 Å². The van der Waals surface area contributed by atoms with E-state index in [9.17, 15) is 0 Å². The second kappa shape index (κ2) is 9.43. The van der Waals surface area contributed by atoms with Gasteiger partial charge >= 0.3 is 18.9 Å². The van der Waals surface area contributed by atoms with Gasteiger partial charge in [0.2, 0.25) is 0 Å². The molecular weight excluding hydrogens is 306 g/mol. The van der Waals surface area contributed by atoms with Crippen molar-refractivity contribution in [1.82, 2.24) is 0 Å². The fraction of sp³-hybridized carbons (Fsp3) is 0. The Morgan fingerprint density at radius 2 is 1.21 bits per heavy atom. The molecule has 0 bridgehead atoms. The van der Waals surface area contributed by atoms with Crippen molar-refractivity contribution in [2.45, 2.75) is 0 Å². The standard InChI is InChI=1S/C10H8O.C10H7O.Al.Li/c2*11-10-6-5-8-3-1-2-4-9(8)7-10;;/h1-7,11H;1-6,11H;;/q;-1;;+1. The van der Waals surface area contributed by atoms with Crippen molar-refractivity contribution in [3.63, 3.8) is 0 Å². The van der Waals surface area contributed by atoms with E-state index in [0.29, 0.717) is 5.75 Å². The fourth-order valence-electron chi connectivity index (χ4n) is 2.28. The van der Waals surface area contributed by atoms with Gasteiger partial charge < -0.3 is 10.2 Å². The summed E-state index contributed by atoms with van der Waals surface area (Å²) in [6.07, 6.45) is 0. The Hall–Kier alpha value is -1.87. The van der Waals surface area contributed by atoms with Gasteiger partial charge in [-0.15, -0.1) is 35.0 Å². The van der Waals surface area contributed by atoms with E-state index in [4.69, 9.17) is 10.2 Å². The zero-order chi connectivity index (χ0) is 15.4. The molecule has 0 heterocycles. The van der Waals surface area contributed by atoms with E-state index < -0.39 is 0 Å². The van der Waals surface area contributed by atoms with Gasteiger partial charge in [-0.25, -0.2) is 0 Å². The fourth-order valence-corrected chi connectivity index (χ4v) is 2.28. The van der Waals surface area contributed by atoms with E-state index in [1.54, 1.807) is 18.2 Å². The molecule has 4 heteroatoms. The Morgan fingerprint density at radius 3 is 1.96 bits per heavy atom. The zero-order valence-corrected chi connectivity index (χ0v) is 14.6. The van der Waals surface area contributed by atoms with Crippen molar-refractivity contribution < 1.29 is 29.1 Å². The average molecular weight is 321 g/mol. The summed E-state index contributed by atoms with van der Waals surface area (Å²) in [4.78, 5) is 0. The van der Waals surface area contributed by atoms with Gasteiger partial charge in [-0.1, -0.05) is 48.5 Å². The van der Waals surface area contributed by atoms with Crippen LogP contribution in [0.5, 0.6) is 11.5 Å². The van der Waals surface area contributed by atoms with Gasteiger partial charge in [0.25, 0.3) is 0 Å². The van der Waals surface area contributed by atoms with Crippen LogP contribution in [0.25, 0.3) is 21.5 Å². The molecule has 2 N–H and O–H groups in total. The van der Waals surface area contributed by atoms with Crippen LogP contribution in [0.1, 0.15) is 0 Å². The Balaban J connectivity index is 0.000000222. The zero-order valence-electron chi connectivity index (χ0n) is 13.5. The summed E-state index contributed by atoms with van der Waals surface area (Å²) in [5.41, 5.74) is 0. The van der Waals surface area contributed by atoms with Crippen molar-refractivity contribution in [1.29, 1.82) is 0 Å². The van der Waals surface area contributed by atoms with Crippen LogP contribution in [0.4, 0.5) is 0 Å². The first kappa shape index (κ1) is 20.2. The number of rotatable bonds is 0. The summed E-state index contributed by atoms with van der Waals surface area (Å²) in [5.74, 6) is 0.521. The molecule has 0 saturated heterocycles. The van der Waals surface area contributed by atoms with Gasteiger partial charge in [-0.3, -0.25) is 0 Å². The summed E-state index contributed by atoms with van der Waals surface area (Å²) < 4.78 is 0. The predicted molar refractivity (Wildman–Crippen MR) is 95.8 cm³/mol. The molecule has 4 aromatic rings.